The summed E-state index contributed by atoms with van der Waals surface area (Å²) in [5.74, 6) is -0.929. The van der Waals surface area contributed by atoms with Crippen LogP contribution >= 0.6 is 0 Å². The summed E-state index contributed by atoms with van der Waals surface area (Å²) in [5.41, 5.74) is 0. The van der Waals surface area contributed by atoms with Gasteiger partial charge in [-0.2, -0.15) is 0 Å². The smallest absolute Gasteiger partial charge is 0.306 e. The average Bonchev–Trinajstić information content (AvgIpc) is 3.40. The number of carbonyl (C=O) groups excluding carboxylic acids is 3. The van der Waals surface area contributed by atoms with Gasteiger partial charge in [-0.3, -0.25) is 14.4 Å². The second-order valence-corrected chi connectivity index (χ2v) is 19.9. The highest BCUT2D eigenvalue weighted by molar-refractivity contribution is 5.71. The van der Waals surface area contributed by atoms with Crippen molar-refractivity contribution < 1.29 is 28.6 Å². The van der Waals surface area contributed by atoms with Crippen LogP contribution in [0.4, 0.5) is 0 Å². The molecule has 0 aliphatic rings. The summed E-state index contributed by atoms with van der Waals surface area (Å²) in [5, 5.41) is 0. The lowest BCUT2D eigenvalue weighted by Crippen LogP contribution is -2.30. The molecule has 0 rings (SSSR count). The maximum atomic E-state index is 12.9. The summed E-state index contributed by atoms with van der Waals surface area (Å²) in [4.78, 5) is 38.3. The summed E-state index contributed by atoms with van der Waals surface area (Å²) in [6.45, 7) is 6.39. The molecule has 0 radical (unpaired) electrons. The van der Waals surface area contributed by atoms with E-state index in [0.717, 1.165) is 148 Å². The van der Waals surface area contributed by atoms with Crippen molar-refractivity contribution in [3.05, 3.63) is 122 Å². The molecule has 0 bridgehead atoms. The van der Waals surface area contributed by atoms with E-state index in [1.807, 2.05) is 0 Å². The molecule has 6 heteroatoms. The summed E-state index contributed by atoms with van der Waals surface area (Å²) >= 11 is 0. The largest absolute Gasteiger partial charge is 0.462 e. The number of hydrogen-bond donors (Lipinski definition) is 0. The number of carbonyl (C=O) groups is 3. The Morgan fingerprint density at radius 1 is 0.284 bits per heavy atom. The fourth-order valence-corrected chi connectivity index (χ4v) is 8.20. The highest BCUT2D eigenvalue weighted by Gasteiger charge is 2.19. The first-order valence-electron chi connectivity index (χ1n) is 30.5. The van der Waals surface area contributed by atoms with Crippen LogP contribution in [0.5, 0.6) is 0 Å². The van der Waals surface area contributed by atoms with Crippen LogP contribution in [0, 0.1) is 0 Å². The van der Waals surface area contributed by atoms with Crippen molar-refractivity contribution in [2.24, 2.45) is 0 Å². The molecule has 74 heavy (non-hydrogen) atoms. The molecule has 0 aliphatic carbocycles. The molecule has 0 saturated heterocycles. The molecule has 0 fully saturated rings. The van der Waals surface area contributed by atoms with E-state index in [0.29, 0.717) is 19.3 Å². The number of ether oxygens (including phenoxy) is 3. The van der Waals surface area contributed by atoms with Gasteiger partial charge in [0.15, 0.2) is 6.10 Å². The molecule has 1 unspecified atom stereocenters. The number of hydrogen-bond acceptors (Lipinski definition) is 6. The zero-order valence-corrected chi connectivity index (χ0v) is 48.1. The van der Waals surface area contributed by atoms with E-state index >= 15 is 0 Å². The van der Waals surface area contributed by atoms with Gasteiger partial charge < -0.3 is 14.2 Å². The van der Waals surface area contributed by atoms with Gasteiger partial charge in [0.25, 0.3) is 0 Å². The third kappa shape index (κ3) is 58.7. The van der Waals surface area contributed by atoms with E-state index in [4.69, 9.17) is 14.2 Å². The minimum absolute atomic E-state index is 0.0929. The van der Waals surface area contributed by atoms with E-state index in [2.05, 4.69) is 142 Å². The molecule has 0 aromatic carbocycles. The van der Waals surface area contributed by atoms with Crippen molar-refractivity contribution in [1.82, 2.24) is 0 Å². The SMILES string of the molecule is CC/C=C\C/C=C\C/C=C\C/C=C\C/C=C\C/C=C\CCCCCCC(=O)OCC(COC(=O)CCCCCCCCCCCCCCCC)OC(=O)CCCCCCCC/C=C\C/C=C\C/C=C\C/C=C\CC. The van der Waals surface area contributed by atoms with Crippen LogP contribution in [0.15, 0.2) is 122 Å². The van der Waals surface area contributed by atoms with Crippen LogP contribution in [-0.4, -0.2) is 37.2 Å². The van der Waals surface area contributed by atoms with Gasteiger partial charge in [0.2, 0.25) is 0 Å². The van der Waals surface area contributed by atoms with Crippen LogP contribution in [0.25, 0.3) is 0 Å². The first-order valence-corrected chi connectivity index (χ1v) is 30.5. The molecule has 0 N–H and O–H groups in total. The summed E-state index contributed by atoms with van der Waals surface area (Å²) < 4.78 is 16.9. The second kappa shape index (κ2) is 61.4. The van der Waals surface area contributed by atoms with Gasteiger partial charge in [0.05, 0.1) is 0 Å². The van der Waals surface area contributed by atoms with Crippen LogP contribution in [0.2, 0.25) is 0 Å². The Morgan fingerprint density at radius 3 is 0.824 bits per heavy atom. The Bertz CT molecular complexity index is 1550. The van der Waals surface area contributed by atoms with Gasteiger partial charge in [-0.05, 0) is 109 Å². The Morgan fingerprint density at radius 2 is 0.527 bits per heavy atom. The quantitative estimate of drug-likeness (QED) is 0.0261. The summed E-state index contributed by atoms with van der Waals surface area (Å²) in [6.07, 6.45) is 84.7. The molecule has 1 atom stereocenters. The topological polar surface area (TPSA) is 78.9 Å². The van der Waals surface area contributed by atoms with E-state index in [1.165, 1.54) is 83.5 Å². The fourth-order valence-electron chi connectivity index (χ4n) is 8.20. The highest BCUT2D eigenvalue weighted by Crippen LogP contribution is 2.15. The Kier molecular flexibility index (Phi) is 57.9. The Balaban J connectivity index is 4.46. The van der Waals surface area contributed by atoms with Crippen molar-refractivity contribution in [2.75, 3.05) is 13.2 Å². The maximum absolute atomic E-state index is 12.9. The van der Waals surface area contributed by atoms with Crippen molar-refractivity contribution in [2.45, 2.75) is 277 Å². The number of allylic oxidation sites excluding steroid dienone is 20. The molecule has 0 aromatic rings. The molecule has 6 nitrogen and oxygen atoms in total. The van der Waals surface area contributed by atoms with Crippen LogP contribution in [0.3, 0.4) is 0 Å². The molecule has 0 aromatic heterocycles. The molecule has 0 amide bonds. The monoisotopic (exact) mass is 1020 g/mol. The molecule has 0 spiro atoms. The zero-order chi connectivity index (χ0) is 53.6. The van der Waals surface area contributed by atoms with Gasteiger partial charge in [-0.15, -0.1) is 0 Å². The Labute approximate surface area is 456 Å². The fraction of sp³-hybridized carbons (Fsp3) is 0.662. The zero-order valence-electron chi connectivity index (χ0n) is 48.1. The second-order valence-electron chi connectivity index (χ2n) is 19.9. The van der Waals surface area contributed by atoms with Crippen LogP contribution < -0.4 is 0 Å². The van der Waals surface area contributed by atoms with Gasteiger partial charge >= 0.3 is 17.9 Å². The first kappa shape index (κ1) is 69.8. The van der Waals surface area contributed by atoms with Crippen molar-refractivity contribution in [3.8, 4) is 0 Å². The van der Waals surface area contributed by atoms with Gasteiger partial charge in [-0.25, -0.2) is 0 Å². The van der Waals surface area contributed by atoms with E-state index < -0.39 is 6.10 Å². The minimum Gasteiger partial charge on any atom is -0.462 e. The maximum Gasteiger partial charge on any atom is 0.306 e. The standard InChI is InChI=1S/C68H112O6/c1-4-7-10-13-16-19-22-25-28-30-32-33-34-35-37-38-40-43-46-49-52-55-58-61-67(70)73-64-65(63-72-66(69)60-57-54-51-48-45-42-27-24-21-18-15-12-9-6-3)74-68(71)62-59-56-53-50-47-44-41-39-36-31-29-26-23-20-17-14-11-8-5-2/h7-8,10-11,16-17,19-20,25-26,28-29,32-33,35-37,39-40,43,65H,4-6,9,12-15,18,21-24,27,30-31,34,38,41-42,44-64H2,1-3H3/b10-7-,11-8-,19-16-,20-17-,28-25-,29-26-,33-32-,37-35-,39-36-,43-40-. The van der Waals surface area contributed by atoms with Gasteiger partial charge in [-0.1, -0.05) is 264 Å². The van der Waals surface area contributed by atoms with Crippen molar-refractivity contribution >= 4 is 17.9 Å². The average molecular weight is 1030 g/mol. The number of rotatable bonds is 54. The predicted octanol–water partition coefficient (Wildman–Crippen LogP) is 20.8. The highest BCUT2D eigenvalue weighted by atomic mass is 16.6. The van der Waals surface area contributed by atoms with Gasteiger partial charge in [0, 0.05) is 19.3 Å². The molecule has 0 saturated carbocycles. The molecular weight excluding hydrogens is 913 g/mol. The normalized spacial score (nSPS) is 13.0. The third-order valence-electron chi connectivity index (χ3n) is 12.7. The third-order valence-corrected chi connectivity index (χ3v) is 12.7. The lowest BCUT2D eigenvalue weighted by Gasteiger charge is -2.18. The van der Waals surface area contributed by atoms with E-state index in [9.17, 15) is 14.4 Å². The molecular formula is C68H112O6. The lowest BCUT2D eigenvalue weighted by atomic mass is 10.0. The molecule has 420 valence electrons. The number of unbranched alkanes of at least 4 members (excludes halogenated alkanes) is 23. The van der Waals surface area contributed by atoms with E-state index in [-0.39, 0.29) is 31.1 Å². The summed E-state index contributed by atoms with van der Waals surface area (Å²) in [6, 6.07) is 0. The molecule has 0 aliphatic heterocycles. The summed E-state index contributed by atoms with van der Waals surface area (Å²) in [7, 11) is 0. The van der Waals surface area contributed by atoms with Crippen LogP contribution in [0.1, 0.15) is 271 Å². The Hall–Kier alpha value is -4.19. The van der Waals surface area contributed by atoms with Crippen molar-refractivity contribution in [1.29, 1.82) is 0 Å². The van der Waals surface area contributed by atoms with Gasteiger partial charge in [0.1, 0.15) is 13.2 Å². The molecule has 0 heterocycles. The number of esters is 3. The van der Waals surface area contributed by atoms with Crippen molar-refractivity contribution in [3.63, 3.8) is 0 Å². The first-order chi connectivity index (χ1) is 36.5. The van der Waals surface area contributed by atoms with Crippen LogP contribution in [-0.2, 0) is 28.6 Å². The minimum atomic E-state index is -0.800. The predicted molar refractivity (Wildman–Crippen MR) is 320 cm³/mol. The lowest BCUT2D eigenvalue weighted by molar-refractivity contribution is -0.167. The van der Waals surface area contributed by atoms with E-state index in [1.54, 1.807) is 0 Å².